The molecule has 3 heterocycles. The van der Waals surface area contributed by atoms with Crippen molar-refractivity contribution in [3.63, 3.8) is 0 Å². The van der Waals surface area contributed by atoms with Crippen LogP contribution in [0.3, 0.4) is 0 Å². The third-order valence-electron chi connectivity index (χ3n) is 4.70. The summed E-state index contributed by atoms with van der Waals surface area (Å²) in [6, 6.07) is 12.5. The third kappa shape index (κ3) is 2.57. The molecule has 136 valence electrons. The maximum Gasteiger partial charge on any atom is 0.330 e. The van der Waals surface area contributed by atoms with Gasteiger partial charge in [-0.3, -0.25) is 19.6 Å². The lowest BCUT2D eigenvalue weighted by molar-refractivity contribution is -0.114. The van der Waals surface area contributed by atoms with Gasteiger partial charge in [0.05, 0.1) is 12.2 Å². The van der Waals surface area contributed by atoms with E-state index >= 15 is 0 Å². The van der Waals surface area contributed by atoms with E-state index in [0.29, 0.717) is 41.8 Å². The monoisotopic (exact) mass is 364 g/mol. The van der Waals surface area contributed by atoms with E-state index < -0.39 is 0 Å². The Morgan fingerprint density at radius 2 is 2.00 bits per heavy atom. The van der Waals surface area contributed by atoms with Gasteiger partial charge in [-0.1, -0.05) is 12.1 Å². The summed E-state index contributed by atoms with van der Waals surface area (Å²) in [5.74, 6) is 1.62. The van der Waals surface area contributed by atoms with Crippen LogP contribution in [0, 0.1) is 0 Å². The van der Waals surface area contributed by atoms with Crippen LogP contribution in [0.25, 0.3) is 0 Å². The summed E-state index contributed by atoms with van der Waals surface area (Å²) < 4.78 is 10.6. The maximum atomic E-state index is 12.9. The predicted molar refractivity (Wildman–Crippen MR) is 98.5 cm³/mol. The number of nitrogens with zero attached hydrogens (tertiary/aromatic N) is 3. The third-order valence-corrected chi connectivity index (χ3v) is 4.70. The molecule has 3 aliphatic heterocycles. The molecule has 0 fully saturated rings. The Kier molecular flexibility index (Phi) is 3.49. The molecule has 5 rings (SSSR count). The van der Waals surface area contributed by atoms with Crippen molar-refractivity contribution in [3.05, 3.63) is 48.0 Å². The summed E-state index contributed by atoms with van der Waals surface area (Å²) in [5.41, 5.74) is 2.15. The lowest BCUT2D eigenvalue weighted by Crippen LogP contribution is -2.52. The smallest absolute Gasteiger partial charge is 0.330 e. The van der Waals surface area contributed by atoms with Gasteiger partial charge in [-0.25, -0.2) is 4.79 Å². The highest BCUT2D eigenvalue weighted by molar-refractivity contribution is 6.21. The summed E-state index contributed by atoms with van der Waals surface area (Å²) in [6.07, 6.45) is 0. The van der Waals surface area contributed by atoms with Crippen LogP contribution in [0.1, 0.15) is 5.56 Å². The van der Waals surface area contributed by atoms with Crippen LogP contribution in [-0.4, -0.2) is 49.1 Å². The predicted octanol–water partition coefficient (Wildman–Crippen LogP) is 2.06. The quantitative estimate of drug-likeness (QED) is 0.904. The van der Waals surface area contributed by atoms with E-state index in [1.54, 1.807) is 23.1 Å². The van der Waals surface area contributed by atoms with Crippen LogP contribution in [-0.2, 0) is 4.79 Å². The number of amides is 3. The maximum absolute atomic E-state index is 12.9. The van der Waals surface area contributed by atoms with E-state index in [9.17, 15) is 9.59 Å². The first kappa shape index (κ1) is 15.7. The fourth-order valence-electron chi connectivity index (χ4n) is 3.48. The van der Waals surface area contributed by atoms with E-state index in [2.05, 4.69) is 10.3 Å². The van der Waals surface area contributed by atoms with Gasteiger partial charge in [0.2, 0.25) is 12.7 Å². The lowest BCUT2D eigenvalue weighted by Gasteiger charge is -2.34. The molecule has 2 aromatic rings. The molecule has 1 N–H and O–H groups in total. The molecule has 0 atom stereocenters. The molecule has 2 aromatic carbocycles. The van der Waals surface area contributed by atoms with Gasteiger partial charge in [0, 0.05) is 23.9 Å². The van der Waals surface area contributed by atoms with Crippen LogP contribution in [0.15, 0.2) is 47.5 Å². The largest absolute Gasteiger partial charge is 0.454 e. The Hall–Kier alpha value is -3.55. The van der Waals surface area contributed by atoms with Gasteiger partial charge in [-0.05, 0) is 24.3 Å². The standard InChI is InChI=1S/C19H16N4O4/c24-17(21-12-5-6-15-16(9-12)27-11-26-15)10-23-14-4-2-1-3-13(14)18-20-7-8-22(18)19(23)25/h1-6,9H,7-8,10-11H2,(H,21,24). The number of hydrogen-bond donors (Lipinski definition) is 1. The number of carbonyl (C=O) groups is 2. The van der Waals surface area contributed by atoms with Crippen molar-refractivity contribution >= 4 is 29.1 Å². The summed E-state index contributed by atoms with van der Waals surface area (Å²) in [5, 5.41) is 2.81. The van der Waals surface area contributed by atoms with Gasteiger partial charge in [-0.2, -0.15) is 0 Å². The van der Waals surface area contributed by atoms with Crippen molar-refractivity contribution < 1.29 is 19.1 Å². The van der Waals surface area contributed by atoms with Gasteiger partial charge in [0.25, 0.3) is 0 Å². The Labute approximate surface area is 155 Å². The number of nitrogens with one attached hydrogen (secondary N) is 1. The number of hydrogen-bond acceptors (Lipinski definition) is 5. The van der Waals surface area contributed by atoms with Crippen molar-refractivity contribution in [2.75, 3.05) is 36.6 Å². The second-order valence-corrected chi connectivity index (χ2v) is 6.36. The molecule has 0 spiro atoms. The number of fused-ring (bicyclic) bond motifs is 4. The number of ether oxygens (including phenoxy) is 2. The zero-order valence-electron chi connectivity index (χ0n) is 14.3. The molecular weight excluding hydrogens is 348 g/mol. The topological polar surface area (TPSA) is 83.5 Å². The molecule has 8 nitrogen and oxygen atoms in total. The number of carbonyl (C=O) groups excluding carboxylic acids is 2. The van der Waals surface area contributed by atoms with Gasteiger partial charge in [0.15, 0.2) is 11.5 Å². The summed E-state index contributed by atoms with van der Waals surface area (Å²) in [4.78, 5) is 33.0. The van der Waals surface area contributed by atoms with Crippen molar-refractivity contribution in [3.8, 4) is 11.5 Å². The molecule has 27 heavy (non-hydrogen) atoms. The highest BCUT2D eigenvalue weighted by Crippen LogP contribution is 2.34. The van der Waals surface area contributed by atoms with Crippen molar-refractivity contribution in [1.29, 1.82) is 0 Å². The average molecular weight is 364 g/mol. The Bertz CT molecular complexity index is 987. The minimum atomic E-state index is -0.295. The Morgan fingerprint density at radius 1 is 1.15 bits per heavy atom. The molecule has 3 aliphatic rings. The van der Waals surface area contributed by atoms with Crippen LogP contribution >= 0.6 is 0 Å². The first-order valence-electron chi connectivity index (χ1n) is 8.63. The van der Waals surface area contributed by atoms with Gasteiger partial charge >= 0.3 is 6.03 Å². The minimum Gasteiger partial charge on any atom is -0.454 e. The number of amidine groups is 1. The number of rotatable bonds is 3. The average Bonchev–Trinajstić information content (AvgIpc) is 3.34. The number of aliphatic imine (C=N–C) groups is 1. The highest BCUT2D eigenvalue weighted by atomic mass is 16.7. The molecule has 0 aliphatic carbocycles. The molecule has 0 radical (unpaired) electrons. The van der Waals surface area contributed by atoms with Crippen LogP contribution in [0.4, 0.5) is 16.2 Å². The van der Waals surface area contributed by atoms with E-state index in [1.807, 2.05) is 24.3 Å². The molecule has 0 saturated heterocycles. The lowest BCUT2D eigenvalue weighted by atomic mass is 10.1. The SMILES string of the molecule is O=C(CN1C(=O)N2CCN=C2c2ccccc21)Nc1ccc2c(c1)OCO2. The fraction of sp³-hybridized carbons (Fsp3) is 0.211. The normalized spacial score (nSPS) is 16.7. The van der Waals surface area contributed by atoms with Gasteiger partial charge < -0.3 is 14.8 Å². The minimum absolute atomic E-state index is 0.0892. The molecule has 8 heteroatoms. The van der Waals surface area contributed by atoms with E-state index in [0.717, 1.165) is 5.56 Å². The van der Waals surface area contributed by atoms with Crippen LogP contribution in [0.2, 0.25) is 0 Å². The first-order chi connectivity index (χ1) is 13.2. The summed E-state index contributed by atoms with van der Waals surface area (Å²) >= 11 is 0. The highest BCUT2D eigenvalue weighted by Gasteiger charge is 2.37. The summed E-state index contributed by atoms with van der Waals surface area (Å²) in [6.45, 7) is 1.19. The van der Waals surface area contributed by atoms with E-state index in [4.69, 9.17) is 9.47 Å². The van der Waals surface area contributed by atoms with Gasteiger partial charge in [-0.15, -0.1) is 0 Å². The number of benzene rings is 2. The molecule has 0 aromatic heterocycles. The second kappa shape index (κ2) is 6.01. The first-order valence-corrected chi connectivity index (χ1v) is 8.63. The van der Waals surface area contributed by atoms with E-state index in [-0.39, 0.29) is 25.3 Å². The van der Waals surface area contributed by atoms with Crippen LogP contribution in [0.5, 0.6) is 11.5 Å². The second-order valence-electron chi connectivity index (χ2n) is 6.36. The van der Waals surface area contributed by atoms with E-state index in [1.165, 1.54) is 4.90 Å². The Balaban J connectivity index is 1.38. The molecule has 0 unspecified atom stereocenters. The number of urea groups is 1. The van der Waals surface area contributed by atoms with Gasteiger partial charge in [0.1, 0.15) is 12.4 Å². The molecule has 0 bridgehead atoms. The zero-order chi connectivity index (χ0) is 18.4. The molecule has 0 saturated carbocycles. The molecular formula is C19H16N4O4. The number of anilines is 2. The van der Waals surface area contributed by atoms with Crippen molar-refractivity contribution in [2.24, 2.45) is 4.99 Å². The van der Waals surface area contributed by atoms with Crippen molar-refractivity contribution in [2.45, 2.75) is 0 Å². The number of para-hydroxylation sites is 1. The Morgan fingerprint density at radius 3 is 2.93 bits per heavy atom. The molecule has 3 amide bonds. The zero-order valence-corrected chi connectivity index (χ0v) is 14.3. The van der Waals surface area contributed by atoms with Crippen molar-refractivity contribution in [1.82, 2.24) is 4.90 Å². The fourth-order valence-corrected chi connectivity index (χ4v) is 3.48. The van der Waals surface area contributed by atoms with Crippen LogP contribution < -0.4 is 19.7 Å². The summed E-state index contributed by atoms with van der Waals surface area (Å²) in [7, 11) is 0.